The molecule has 0 fully saturated rings. The second-order valence-corrected chi connectivity index (χ2v) is 5.09. The van der Waals surface area contributed by atoms with Gasteiger partial charge in [0.25, 0.3) is 5.91 Å². The molecule has 0 aliphatic carbocycles. The summed E-state index contributed by atoms with van der Waals surface area (Å²) in [6.07, 6.45) is -4.70. The fourth-order valence-corrected chi connectivity index (χ4v) is 2.13. The molecule has 0 aliphatic heterocycles. The lowest BCUT2D eigenvalue weighted by Crippen LogP contribution is -2.26. The Hall–Kier alpha value is -3.03. The minimum absolute atomic E-state index is 0.00636. The van der Waals surface area contributed by atoms with Gasteiger partial charge in [-0.25, -0.2) is 4.79 Å². The van der Waals surface area contributed by atoms with Crippen molar-refractivity contribution in [3.8, 4) is 5.75 Å². The molecule has 1 amide bonds. The third kappa shape index (κ3) is 4.50. The van der Waals surface area contributed by atoms with E-state index < -0.39 is 29.2 Å². The molecule has 132 valence electrons. The molecule has 2 rings (SSSR count). The Labute approximate surface area is 141 Å². The summed E-state index contributed by atoms with van der Waals surface area (Å²) in [6.45, 7) is -0.0396. The number of carbonyl (C=O) groups excluding carboxylic acids is 1. The number of hydrogen-bond donors (Lipinski definition) is 2. The first-order valence-electron chi connectivity index (χ1n) is 7.08. The average Bonchev–Trinajstić information content (AvgIpc) is 2.58. The number of alkyl halides is 3. The topological polar surface area (TPSA) is 75.6 Å². The van der Waals surface area contributed by atoms with Gasteiger partial charge >= 0.3 is 12.1 Å². The van der Waals surface area contributed by atoms with Crippen molar-refractivity contribution < 1.29 is 32.6 Å². The van der Waals surface area contributed by atoms with Crippen LogP contribution in [0.15, 0.2) is 42.5 Å². The van der Waals surface area contributed by atoms with Gasteiger partial charge in [-0.1, -0.05) is 12.1 Å². The average molecular weight is 353 g/mol. The van der Waals surface area contributed by atoms with E-state index in [4.69, 9.17) is 9.84 Å². The standard InChI is InChI=1S/C17H14F3NO4/c1-25-12-6-7-13(14(8-12)17(18,19)20)15(22)21-9-10-2-4-11(5-3-10)16(23)24/h2-8H,9H2,1H3,(H,21,22)(H,23,24). The number of ether oxygens (including phenoxy) is 1. The number of halogens is 3. The van der Waals surface area contributed by atoms with Crippen LogP contribution < -0.4 is 10.1 Å². The summed E-state index contributed by atoms with van der Waals surface area (Å²) in [5, 5.41) is 11.2. The first-order valence-corrected chi connectivity index (χ1v) is 7.08. The van der Waals surface area contributed by atoms with Crippen LogP contribution in [0, 0.1) is 0 Å². The van der Waals surface area contributed by atoms with Crippen LogP contribution in [0.25, 0.3) is 0 Å². The molecule has 0 spiro atoms. The predicted molar refractivity (Wildman–Crippen MR) is 82.6 cm³/mol. The number of carboxylic acids is 1. The largest absolute Gasteiger partial charge is 0.497 e. The molecule has 0 aromatic heterocycles. The Morgan fingerprint density at radius 2 is 1.76 bits per heavy atom. The maximum atomic E-state index is 13.1. The van der Waals surface area contributed by atoms with E-state index in [1.54, 1.807) is 0 Å². The summed E-state index contributed by atoms with van der Waals surface area (Å²) >= 11 is 0. The summed E-state index contributed by atoms with van der Waals surface area (Å²) in [7, 11) is 1.23. The number of benzene rings is 2. The summed E-state index contributed by atoms with van der Waals surface area (Å²) in [5.41, 5.74) is -0.981. The highest BCUT2D eigenvalue weighted by Crippen LogP contribution is 2.34. The number of amides is 1. The molecule has 0 saturated heterocycles. The SMILES string of the molecule is COc1ccc(C(=O)NCc2ccc(C(=O)O)cc2)c(C(F)(F)F)c1. The summed E-state index contributed by atoms with van der Waals surface area (Å²) in [4.78, 5) is 22.9. The Balaban J connectivity index is 2.16. The van der Waals surface area contributed by atoms with E-state index in [1.165, 1.54) is 37.4 Å². The van der Waals surface area contributed by atoms with Gasteiger partial charge in [-0.3, -0.25) is 4.79 Å². The van der Waals surface area contributed by atoms with Gasteiger partial charge in [0.05, 0.1) is 23.8 Å². The monoisotopic (exact) mass is 353 g/mol. The molecular weight excluding hydrogens is 339 g/mol. The molecule has 8 heteroatoms. The van der Waals surface area contributed by atoms with Crippen molar-refractivity contribution in [2.24, 2.45) is 0 Å². The first-order chi connectivity index (χ1) is 11.7. The number of nitrogens with one attached hydrogen (secondary N) is 1. The zero-order valence-electron chi connectivity index (χ0n) is 13.1. The number of methoxy groups -OCH3 is 1. The Bertz CT molecular complexity index is 785. The zero-order chi connectivity index (χ0) is 18.6. The number of aromatic carboxylic acids is 1. The van der Waals surface area contributed by atoms with Crippen molar-refractivity contribution in [2.75, 3.05) is 7.11 Å². The van der Waals surface area contributed by atoms with Crippen LogP contribution in [0.1, 0.15) is 31.8 Å². The lowest BCUT2D eigenvalue weighted by atomic mass is 10.1. The molecule has 0 bridgehead atoms. The van der Waals surface area contributed by atoms with E-state index in [-0.39, 0.29) is 17.9 Å². The van der Waals surface area contributed by atoms with Gasteiger partial charge in [0.15, 0.2) is 0 Å². The van der Waals surface area contributed by atoms with Gasteiger partial charge < -0.3 is 15.2 Å². The second-order valence-electron chi connectivity index (χ2n) is 5.09. The minimum Gasteiger partial charge on any atom is -0.497 e. The number of carboxylic acid groups (broad SMARTS) is 1. The van der Waals surface area contributed by atoms with Gasteiger partial charge in [0, 0.05) is 6.54 Å². The molecule has 0 atom stereocenters. The van der Waals surface area contributed by atoms with Crippen LogP contribution in [0.4, 0.5) is 13.2 Å². The Morgan fingerprint density at radius 3 is 2.28 bits per heavy atom. The maximum Gasteiger partial charge on any atom is 0.417 e. The number of rotatable bonds is 5. The quantitative estimate of drug-likeness (QED) is 0.864. The van der Waals surface area contributed by atoms with Crippen molar-refractivity contribution >= 4 is 11.9 Å². The predicted octanol–water partition coefficient (Wildman–Crippen LogP) is 3.34. The van der Waals surface area contributed by atoms with Gasteiger partial charge in [-0.15, -0.1) is 0 Å². The highest BCUT2D eigenvalue weighted by molar-refractivity contribution is 5.96. The number of hydrogen-bond acceptors (Lipinski definition) is 3. The van der Waals surface area contributed by atoms with E-state index in [9.17, 15) is 22.8 Å². The lowest BCUT2D eigenvalue weighted by Gasteiger charge is -2.14. The van der Waals surface area contributed by atoms with Crippen molar-refractivity contribution in [1.82, 2.24) is 5.32 Å². The highest BCUT2D eigenvalue weighted by atomic mass is 19.4. The van der Waals surface area contributed by atoms with E-state index in [0.29, 0.717) is 5.56 Å². The lowest BCUT2D eigenvalue weighted by molar-refractivity contribution is -0.138. The van der Waals surface area contributed by atoms with E-state index in [0.717, 1.165) is 12.1 Å². The van der Waals surface area contributed by atoms with Crippen molar-refractivity contribution in [3.05, 3.63) is 64.7 Å². The molecule has 5 nitrogen and oxygen atoms in total. The highest BCUT2D eigenvalue weighted by Gasteiger charge is 2.35. The van der Waals surface area contributed by atoms with Crippen LogP contribution >= 0.6 is 0 Å². The molecule has 2 N–H and O–H groups in total. The van der Waals surface area contributed by atoms with E-state index in [2.05, 4.69) is 5.32 Å². The first kappa shape index (κ1) is 18.3. The van der Waals surface area contributed by atoms with Crippen LogP contribution in [0.3, 0.4) is 0 Å². The molecule has 0 saturated carbocycles. The van der Waals surface area contributed by atoms with Gasteiger partial charge in [-0.2, -0.15) is 13.2 Å². The van der Waals surface area contributed by atoms with Crippen LogP contribution in [-0.2, 0) is 12.7 Å². The minimum atomic E-state index is -4.70. The second kappa shape index (κ2) is 7.25. The summed E-state index contributed by atoms with van der Waals surface area (Å²) in [6, 6.07) is 8.72. The van der Waals surface area contributed by atoms with Crippen molar-refractivity contribution in [3.63, 3.8) is 0 Å². The van der Waals surface area contributed by atoms with E-state index >= 15 is 0 Å². The molecule has 0 heterocycles. The Morgan fingerprint density at radius 1 is 1.12 bits per heavy atom. The van der Waals surface area contributed by atoms with Crippen LogP contribution in [0.5, 0.6) is 5.75 Å². The summed E-state index contributed by atoms with van der Waals surface area (Å²) in [5.74, 6) is -1.99. The van der Waals surface area contributed by atoms with Gasteiger partial charge in [0.1, 0.15) is 5.75 Å². The molecule has 0 unspecified atom stereocenters. The molecular formula is C17H14F3NO4. The molecule has 2 aromatic rings. The third-order valence-corrected chi connectivity index (χ3v) is 3.43. The molecule has 0 aliphatic rings. The fourth-order valence-electron chi connectivity index (χ4n) is 2.13. The molecule has 2 aromatic carbocycles. The third-order valence-electron chi connectivity index (χ3n) is 3.43. The smallest absolute Gasteiger partial charge is 0.417 e. The van der Waals surface area contributed by atoms with Crippen molar-refractivity contribution in [1.29, 1.82) is 0 Å². The number of carbonyl (C=O) groups is 2. The summed E-state index contributed by atoms with van der Waals surface area (Å²) < 4.78 is 44.1. The van der Waals surface area contributed by atoms with Crippen molar-refractivity contribution in [2.45, 2.75) is 12.7 Å². The van der Waals surface area contributed by atoms with Gasteiger partial charge in [0.2, 0.25) is 0 Å². The Kier molecular flexibility index (Phi) is 5.31. The van der Waals surface area contributed by atoms with E-state index in [1.807, 2.05) is 0 Å². The zero-order valence-corrected chi connectivity index (χ0v) is 13.1. The molecule has 25 heavy (non-hydrogen) atoms. The normalized spacial score (nSPS) is 11.0. The fraction of sp³-hybridized carbons (Fsp3) is 0.176. The maximum absolute atomic E-state index is 13.1. The van der Waals surface area contributed by atoms with Crippen LogP contribution in [-0.4, -0.2) is 24.1 Å². The van der Waals surface area contributed by atoms with Crippen LogP contribution in [0.2, 0.25) is 0 Å². The molecule has 0 radical (unpaired) electrons. The van der Waals surface area contributed by atoms with Gasteiger partial charge in [-0.05, 0) is 35.9 Å².